The Hall–Kier alpha value is -1.13. The first-order valence-electron chi connectivity index (χ1n) is 10.8. The lowest BCUT2D eigenvalue weighted by Crippen LogP contribution is -2.20. The molecule has 0 aliphatic heterocycles. The first-order valence-corrected chi connectivity index (χ1v) is 13.9. The Bertz CT molecular complexity index is 943. The highest BCUT2D eigenvalue weighted by molar-refractivity contribution is 9.10. The third-order valence-electron chi connectivity index (χ3n) is 5.78. The van der Waals surface area contributed by atoms with E-state index in [4.69, 9.17) is 9.47 Å². The van der Waals surface area contributed by atoms with E-state index in [0.29, 0.717) is 18.7 Å². The van der Waals surface area contributed by atoms with Crippen molar-refractivity contribution in [1.82, 2.24) is 0 Å². The monoisotopic (exact) mass is 508 g/mol. The Morgan fingerprint density at radius 2 is 1.90 bits per heavy atom. The quantitative estimate of drug-likeness (QED) is 0.365. The maximum Gasteiger partial charge on any atom is 0.198 e. The molecule has 3 unspecified atom stereocenters. The Balaban J connectivity index is 1.75. The molecule has 2 aromatic carbocycles. The van der Waals surface area contributed by atoms with Crippen LogP contribution in [0.15, 0.2) is 46.9 Å². The van der Waals surface area contributed by atoms with Gasteiger partial charge in [0.1, 0.15) is 12.4 Å². The summed E-state index contributed by atoms with van der Waals surface area (Å²) in [6.07, 6.45) is 2.56. The SMILES string of the molecule is COC(c1cc(COc2cccc(C(CP(C)(=O)O)C3CC3)c2)ccc1Br)C(C)(C)C. The molecule has 1 aliphatic rings. The number of ether oxygens (including phenoxy) is 2. The van der Waals surface area contributed by atoms with Crippen LogP contribution in [0.3, 0.4) is 0 Å². The van der Waals surface area contributed by atoms with Gasteiger partial charge in [-0.1, -0.05) is 54.9 Å². The van der Waals surface area contributed by atoms with Crippen molar-refractivity contribution in [3.8, 4) is 5.75 Å². The lowest BCUT2D eigenvalue weighted by atomic mass is 9.84. The zero-order valence-corrected chi connectivity index (χ0v) is 21.6. The van der Waals surface area contributed by atoms with E-state index >= 15 is 0 Å². The number of benzene rings is 2. The normalized spacial score (nSPS) is 18.3. The Kier molecular flexibility index (Phi) is 7.74. The van der Waals surface area contributed by atoms with Gasteiger partial charge in [-0.25, -0.2) is 0 Å². The van der Waals surface area contributed by atoms with Gasteiger partial charge in [0.05, 0.1) is 6.10 Å². The van der Waals surface area contributed by atoms with Gasteiger partial charge in [0, 0.05) is 24.4 Å². The summed E-state index contributed by atoms with van der Waals surface area (Å²) in [6.45, 7) is 8.41. The summed E-state index contributed by atoms with van der Waals surface area (Å²) in [5.74, 6) is 1.42. The van der Waals surface area contributed by atoms with Gasteiger partial charge in [0.25, 0.3) is 0 Å². The minimum Gasteiger partial charge on any atom is -0.489 e. The van der Waals surface area contributed by atoms with Crippen LogP contribution in [0, 0.1) is 11.3 Å². The van der Waals surface area contributed by atoms with Gasteiger partial charge in [-0.3, -0.25) is 4.57 Å². The van der Waals surface area contributed by atoms with Crippen LogP contribution in [0.2, 0.25) is 0 Å². The number of hydrogen-bond donors (Lipinski definition) is 1. The average Bonchev–Trinajstić information content (AvgIpc) is 3.50. The Labute approximate surface area is 194 Å². The summed E-state index contributed by atoms with van der Waals surface area (Å²) < 4.78 is 25.0. The molecule has 3 atom stereocenters. The van der Waals surface area contributed by atoms with Crippen LogP contribution in [-0.4, -0.2) is 24.8 Å². The molecular weight excluding hydrogens is 475 g/mol. The lowest BCUT2D eigenvalue weighted by Gasteiger charge is -2.30. The third kappa shape index (κ3) is 6.92. The predicted molar refractivity (Wildman–Crippen MR) is 130 cm³/mol. The Morgan fingerprint density at radius 1 is 1.19 bits per heavy atom. The number of halogens is 1. The van der Waals surface area contributed by atoms with E-state index < -0.39 is 7.37 Å². The number of rotatable bonds is 9. The predicted octanol–water partition coefficient (Wildman–Crippen LogP) is 7.16. The molecule has 1 saturated carbocycles. The second-order valence-corrected chi connectivity index (χ2v) is 13.2. The second kappa shape index (κ2) is 9.79. The maximum atomic E-state index is 12.0. The van der Waals surface area contributed by atoms with E-state index in [-0.39, 0.29) is 17.4 Å². The van der Waals surface area contributed by atoms with Crippen molar-refractivity contribution in [2.24, 2.45) is 11.3 Å². The van der Waals surface area contributed by atoms with E-state index in [1.807, 2.05) is 24.3 Å². The minimum atomic E-state index is -3.07. The summed E-state index contributed by atoms with van der Waals surface area (Å²) >= 11 is 3.66. The molecular formula is C25H34BrO4P. The average molecular weight is 509 g/mol. The van der Waals surface area contributed by atoms with E-state index in [1.165, 1.54) is 6.66 Å². The van der Waals surface area contributed by atoms with Crippen LogP contribution < -0.4 is 4.74 Å². The molecule has 0 amide bonds. The molecule has 0 aromatic heterocycles. The minimum absolute atomic E-state index is 0.0334. The van der Waals surface area contributed by atoms with E-state index in [2.05, 4.69) is 54.9 Å². The van der Waals surface area contributed by atoms with Crippen molar-refractivity contribution in [3.05, 3.63) is 63.6 Å². The van der Waals surface area contributed by atoms with Crippen LogP contribution in [0.1, 0.15) is 62.3 Å². The smallest absolute Gasteiger partial charge is 0.198 e. The standard InChI is InChI=1S/C25H34BrO4P/c1-25(2,3)24(29-4)21-13-17(9-12-23(21)26)15-30-20-8-6-7-19(14-20)22(18-10-11-18)16-31(5,27)28/h6-9,12-14,18,22,24H,10-11,15-16H2,1-5H3,(H,27,28). The third-order valence-corrected chi connectivity index (χ3v) is 7.58. The fourth-order valence-corrected chi connectivity index (χ4v) is 5.92. The van der Waals surface area contributed by atoms with Gasteiger partial charge in [0.15, 0.2) is 7.37 Å². The van der Waals surface area contributed by atoms with Crippen molar-refractivity contribution in [1.29, 1.82) is 0 Å². The van der Waals surface area contributed by atoms with Crippen molar-refractivity contribution in [2.45, 2.75) is 52.2 Å². The van der Waals surface area contributed by atoms with Gasteiger partial charge >= 0.3 is 0 Å². The highest BCUT2D eigenvalue weighted by Crippen LogP contribution is 2.50. The molecule has 4 nitrogen and oxygen atoms in total. The summed E-state index contributed by atoms with van der Waals surface area (Å²) in [6, 6.07) is 14.3. The fourth-order valence-electron chi connectivity index (χ4n) is 4.22. The molecule has 1 aliphatic carbocycles. The molecule has 1 N–H and O–H groups in total. The fraction of sp³-hybridized carbons (Fsp3) is 0.520. The largest absolute Gasteiger partial charge is 0.489 e. The maximum absolute atomic E-state index is 12.0. The molecule has 31 heavy (non-hydrogen) atoms. The molecule has 1 fully saturated rings. The molecule has 0 radical (unpaired) electrons. The first kappa shape index (κ1) is 24.5. The van der Waals surface area contributed by atoms with Gasteiger partial charge in [-0.05, 0) is 71.0 Å². The first-order chi connectivity index (χ1) is 14.5. The van der Waals surface area contributed by atoms with Crippen LogP contribution in [0.25, 0.3) is 0 Å². The molecule has 3 rings (SSSR count). The molecule has 0 heterocycles. The van der Waals surface area contributed by atoms with Gasteiger partial charge in [0.2, 0.25) is 0 Å². The molecule has 0 spiro atoms. The molecule has 170 valence electrons. The zero-order valence-electron chi connectivity index (χ0n) is 19.1. The van der Waals surface area contributed by atoms with Crippen LogP contribution in [0.4, 0.5) is 0 Å². The van der Waals surface area contributed by atoms with Crippen molar-refractivity contribution < 1.29 is 18.9 Å². The summed E-state index contributed by atoms with van der Waals surface area (Å²) in [7, 11) is -1.33. The summed E-state index contributed by atoms with van der Waals surface area (Å²) in [5.41, 5.74) is 3.25. The van der Waals surface area contributed by atoms with E-state index in [0.717, 1.165) is 39.8 Å². The molecule has 6 heteroatoms. The second-order valence-electron chi connectivity index (χ2n) is 9.88. The van der Waals surface area contributed by atoms with Crippen LogP contribution in [0.5, 0.6) is 5.75 Å². The van der Waals surface area contributed by atoms with Crippen molar-refractivity contribution in [2.75, 3.05) is 19.9 Å². The van der Waals surface area contributed by atoms with E-state index in [9.17, 15) is 9.46 Å². The zero-order chi connectivity index (χ0) is 22.8. The molecule has 0 bridgehead atoms. The van der Waals surface area contributed by atoms with Crippen LogP contribution in [-0.2, 0) is 15.9 Å². The number of hydrogen-bond acceptors (Lipinski definition) is 3. The topological polar surface area (TPSA) is 55.8 Å². The van der Waals surface area contributed by atoms with Gasteiger partial charge < -0.3 is 14.4 Å². The van der Waals surface area contributed by atoms with Crippen molar-refractivity contribution >= 4 is 23.3 Å². The highest BCUT2D eigenvalue weighted by atomic mass is 79.9. The summed E-state index contributed by atoms with van der Waals surface area (Å²) in [5, 5.41) is 0. The highest BCUT2D eigenvalue weighted by Gasteiger charge is 2.35. The lowest BCUT2D eigenvalue weighted by molar-refractivity contribution is 0.0146. The van der Waals surface area contributed by atoms with Crippen LogP contribution >= 0.6 is 23.3 Å². The molecule has 0 saturated heterocycles. The molecule has 2 aromatic rings. The number of methoxy groups -OCH3 is 1. The van der Waals surface area contributed by atoms with Gasteiger partial charge in [-0.2, -0.15) is 0 Å². The van der Waals surface area contributed by atoms with Crippen molar-refractivity contribution in [3.63, 3.8) is 0 Å². The van der Waals surface area contributed by atoms with Gasteiger partial charge in [-0.15, -0.1) is 0 Å². The van der Waals surface area contributed by atoms with E-state index in [1.54, 1.807) is 7.11 Å². The summed E-state index contributed by atoms with van der Waals surface area (Å²) in [4.78, 5) is 9.93. The Morgan fingerprint density at radius 3 is 2.48 bits per heavy atom.